The number of nitrogens with zero attached hydrogens (tertiary/aromatic N) is 2. The molecule has 0 atom stereocenters. The van der Waals surface area contributed by atoms with Gasteiger partial charge in [-0.15, -0.1) is 0 Å². The van der Waals surface area contributed by atoms with E-state index in [4.69, 9.17) is 20.8 Å². The normalized spacial score (nSPS) is 10.8. The van der Waals surface area contributed by atoms with Gasteiger partial charge >= 0.3 is 0 Å². The number of carbonyl (C=O) groups excluding carboxylic acids is 1. The van der Waals surface area contributed by atoms with Crippen molar-refractivity contribution in [2.75, 3.05) is 5.32 Å². The maximum atomic E-state index is 12.5. The monoisotopic (exact) mass is 435 g/mol. The highest BCUT2D eigenvalue weighted by Gasteiger charge is 2.13. The third kappa shape index (κ3) is 5.16. The van der Waals surface area contributed by atoms with Crippen LogP contribution in [-0.4, -0.2) is 15.7 Å². The molecule has 1 amide bonds. The molecule has 2 heterocycles. The summed E-state index contributed by atoms with van der Waals surface area (Å²) in [5, 5.41) is 7.82. The van der Waals surface area contributed by atoms with Crippen molar-refractivity contribution in [3.63, 3.8) is 0 Å². The molecule has 2 aromatic heterocycles. The smallest absolute Gasteiger partial charge is 0.291 e. The van der Waals surface area contributed by atoms with Crippen LogP contribution in [0.2, 0.25) is 5.02 Å². The molecule has 4 rings (SSSR count). The van der Waals surface area contributed by atoms with E-state index in [0.29, 0.717) is 28.8 Å². The maximum absolute atomic E-state index is 12.5. The highest BCUT2D eigenvalue weighted by Crippen LogP contribution is 2.22. The van der Waals surface area contributed by atoms with Crippen molar-refractivity contribution in [2.24, 2.45) is 0 Å². The summed E-state index contributed by atoms with van der Waals surface area (Å²) in [6.45, 7) is 4.82. The minimum absolute atomic E-state index is 0.206. The quantitative estimate of drug-likeness (QED) is 0.408. The first-order valence-electron chi connectivity index (χ1n) is 9.84. The Balaban J connectivity index is 1.34. The number of furan rings is 1. The first-order chi connectivity index (χ1) is 15.0. The van der Waals surface area contributed by atoms with Crippen molar-refractivity contribution < 1.29 is 13.9 Å². The van der Waals surface area contributed by atoms with Gasteiger partial charge in [0.15, 0.2) is 5.76 Å². The van der Waals surface area contributed by atoms with Gasteiger partial charge < -0.3 is 14.5 Å². The first kappa shape index (κ1) is 20.8. The molecule has 7 heteroatoms. The molecule has 2 aromatic carbocycles. The van der Waals surface area contributed by atoms with Crippen LogP contribution in [-0.2, 0) is 13.2 Å². The largest absolute Gasteiger partial charge is 0.486 e. The Hall–Kier alpha value is -3.51. The molecule has 0 radical (unpaired) electrons. The molecule has 6 nitrogen and oxygen atoms in total. The van der Waals surface area contributed by atoms with Gasteiger partial charge in [-0.1, -0.05) is 35.9 Å². The lowest BCUT2D eigenvalue weighted by molar-refractivity contribution is 0.0992. The summed E-state index contributed by atoms with van der Waals surface area (Å²) in [4.78, 5) is 12.5. The van der Waals surface area contributed by atoms with Gasteiger partial charge in [0.25, 0.3) is 5.91 Å². The first-order valence-corrected chi connectivity index (χ1v) is 10.2. The fourth-order valence-electron chi connectivity index (χ4n) is 3.11. The number of ether oxygens (including phenoxy) is 1. The molecule has 0 fully saturated rings. The summed E-state index contributed by atoms with van der Waals surface area (Å²) in [5.41, 5.74) is 3.91. The lowest BCUT2D eigenvalue weighted by atomic mass is 10.1. The Bertz CT molecular complexity index is 1210. The van der Waals surface area contributed by atoms with E-state index < -0.39 is 0 Å². The van der Waals surface area contributed by atoms with Crippen LogP contribution >= 0.6 is 11.6 Å². The van der Waals surface area contributed by atoms with Gasteiger partial charge in [0, 0.05) is 11.2 Å². The molecule has 0 saturated carbocycles. The van der Waals surface area contributed by atoms with Crippen LogP contribution in [0.4, 0.5) is 5.69 Å². The summed E-state index contributed by atoms with van der Waals surface area (Å²) in [6, 6.07) is 16.9. The maximum Gasteiger partial charge on any atom is 0.291 e. The molecule has 0 aliphatic carbocycles. The highest BCUT2D eigenvalue weighted by molar-refractivity contribution is 6.31. The van der Waals surface area contributed by atoms with Crippen LogP contribution in [0.5, 0.6) is 5.75 Å². The number of nitrogens with one attached hydrogen (secondary N) is 1. The van der Waals surface area contributed by atoms with E-state index in [2.05, 4.69) is 29.5 Å². The van der Waals surface area contributed by atoms with Crippen LogP contribution in [0.25, 0.3) is 0 Å². The SMILES string of the molecule is Cc1cc(OCc2ccc(C(=O)Nc3cnn(Cc4ccccc4C)c3)o2)ccc1Cl. The molecular weight excluding hydrogens is 414 g/mol. The zero-order valence-corrected chi connectivity index (χ0v) is 18.0. The van der Waals surface area contributed by atoms with Crippen LogP contribution in [0.15, 0.2) is 71.4 Å². The second-order valence-electron chi connectivity index (χ2n) is 7.27. The third-order valence-electron chi connectivity index (χ3n) is 4.88. The highest BCUT2D eigenvalue weighted by atomic mass is 35.5. The lowest BCUT2D eigenvalue weighted by Gasteiger charge is -2.06. The zero-order chi connectivity index (χ0) is 21.8. The van der Waals surface area contributed by atoms with Crippen molar-refractivity contribution in [3.05, 3.63) is 100 Å². The van der Waals surface area contributed by atoms with Crippen molar-refractivity contribution in [3.8, 4) is 5.75 Å². The summed E-state index contributed by atoms with van der Waals surface area (Å²) >= 11 is 6.03. The van der Waals surface area contributed by atoms with E-state index >= 15 is 0 Å². The van der Waals surface area contributed by atoms with E-state index in [1.807, 2.05) is 25.1 Å². The molecule has 0 spiro atoms. The average Bonchev–Trinajstić information content (AvgIpc) is 3.40. The van der Waals surface area contributed by atoms with E-state index in [1.165, 1.54) is 11.1 Å². The minimum atomic E-state index is -0.343. The summed E-state index contributed by atoms with van der Waals surface area (Å²) in [5.74, 6) is 1.10. The molecule has 158 valence electrons. The molecule has 0 aliphatic rings. The van der Waals surface area contributed by atoms with E-state index in [0.717, 1.165) is 5.56 Å². The van der Waals surface area contributed by atoms with Gasteiger partial charge in [-0.2, -0.15) is 5.10 Å². The fourth-order valence-corrected chi connectivity index (χ4v) is 3.23. The standard InChI is InChI=1S/C24H22ClN3O3/c1-16-5-3-4-6-18(16)13-28-14-19(12-26-28)27-24(29)23-10-8-21(31-23)15-30-20-7-9-22(25)17(2)11-20/h3-12,14H,13,15H2,1-2H3,(H,27,29). The van der Waals surface area contributed by atoms with E-state index in [1.54, 1.807) is 41.3 Å². The van der Waals surface area contributed by atoms with Gasteiger partial charge in [0.2, 0.25) is 0 Å². The Labute approximate surface area is 185 Å². The van der Waals surface area contributed by atoms with Crippen molar-refractivity contribution in [1.29, 1.82) is 0 Å². The predicted molar refractivity (Wildman–Crippen MR) is 120 cm³/mol. The lowest BCUT2D eigenvalue weighted by Crippen LogP contribution is -2.10. The van der Waals surface area contributed by atoms with Gasteiger partial charge in [-0.3, -0.25) is 9.48 Å². The number of benzene rings is 2. The number of anilines is 1. The Morgan fingerprint density at radius 3 is 2.77 bits per heavy atom. The summed E-state index contributed by atoms with van der Waals surface area (Å²) in [7, 11) is 0. The van der Waals surface area contributed by atoms with Crippen molar-refractivity contribution in [2.45, 2.75) is 27.0 Å². The number of hydrogen-bond acceptors (Lipinski definition) is 4. The van der Waals surface area contributed by atoms with Gasteiger partial charge in [-0.05, 0) is 60.9 Å². The number of aryl methyl sites for hydroxylation is 2. The van der Waals surface area contributed by atoms with Crippen molar-refractivity contribution in [1.82, 2.24) is 9.78 Å². The summed E-state index contributed by atoms with van der Waals surface area (Å²) in [6.07, 6.45) is 3.41. The number of carbonyl (C=O) groups is 1. The molecule has 4 aromatic rings. The predicted octanol–water partition coefficient (Wildman–Crippen LogP) is 5.63. The Morgan fingerprint density at radius 2 is 1.97 bits per heavy atom. The third-order valence-corrected chi connectivity index (χ3v) is 5.30. The molecular formula is C24H22ClN3O3. The van der Waals surface area contributed by atoms with Crippen LogP contribution in [0.1, 0.15) is 33.0 Å². The molecule has 0 bridgehead atoms. The van der Waals surface area contributed by atoms with E-state index in [-0.39, 0.29) is 18.3 Å². The summed E-state index contributed by atoms with van der Waals surface area (Å²) < 4.78 is 13.1. The van der Waals surface area contributed by atoms with Crippen molar-refractivity contribution >= 4 is 23.2 Å². The fraction of sp³-hybridized carbons (Fsp3) is 0.167. The molecule has 0 saturated heterocycles. The Morgan fingerprint density at radius 1 is 1.13 bits per heavy atom. The number of hydrogen-bond donors (Lipinski definition) is 1. The van der Waals surface area contributed by atoms with Gasteiger partial charge in [0.1, 0.15) is 18.1 Å². The molecule has 0 unspecified atom stereocenters. The second kappa shape index (κ2) is 9.10. The molecule has 31 heavy (non-hydrogen) atoms. The minimum Gasteiger partial charge on any atom is -0.486 e. The second-order valence-corrected chi connectivity index (χ2v) is 7.68. The Kier molecular flexibility index (Phi) is 6.09. The molecule has 0 aliphatic heterocycles. The molecule has 1 N–H and O–H groups in total. The van der Waals surface area contributed by atoms with Gasteiger partial charge in [-0.25, -0.2) is 0 Å². The number of rotatable bonds is 7. The topological polar surface area (TPSA) is 69.3 Å². The average molecular weight is 436 g/mol. The van der Waals surface area contributed by atoms with Crippen LogP contribution in [0.3, 0.4) is 0 Å². The van der Waals surface area contributed by atoms with Crippen LogP contribution < -0.4 is 10.1 Å². The number of amides is 1. The number of halogens is 1. The van der Waals surface area contributed by atoms with Gasteiger partial charge in [0.05, 0.1) is 18.4 Å². The number of aromatic nitrogens is 2. The zero-order valence-electron chi connectivity index (χ0n) is 17.3. The van der Waals surface area contributed by atoms with Crippen LogP contribution in [0, 0.1) is 13.8 Å². The van der Waals surface area contributed by atoms with E-state index in [9.17, 15) is 4.79 Å².